The molecule has 0 aromatic carbocycles. The maximum atomic E-state index is 11.3. The summed E-state index contributed by atoms with van der Waals surface area (Å²) in [4.78, 5) is 26.3. The van der Waals surface area contributed by atoms with Crippen LogP contribution in [0.25, 0.3) is 5.82 Å². The third-order valence-corrected chi connectivity index (χ3v) is 5.17. The number of nitrogens with zero attached hydrogens (tertiary/aromatic N) is 5. The van der Waals surface area contributed by atoms with Crippen LogP contribution in [-0.2, 0) is 9.53 Å². The average Bonchev–Trinajstić information content (AvgIpc) is 3.34. The van der Waals surface area contributed by atoms with Crippen LogP contribution in [0.15, 0.2) is 31.1 Å². The normalized spacial score (nSPS) is 24.6. The molecule has 0 bridgehead atoms. The van der Waals surface area contributed by atoms with E-state index in [-0.39, 0.29) is 12.0 Å². The van der Waals surface area contributed by atoms with E-state index < -0.39 is 6.10 Å². The van der Waals surface area contributed by atoms with E-state index in [1.54, 1.807) is 18.9 Å². The van der Waals surface area contributed by atoms with Gasteiger partial charge in [0, 0.05) is 31.5 Å². The van der Waals surface area contributed by atoms with Crippen molar-refractivity contribution in [3.63, 3.8) is 0 Å². The van der Waals surface area contributed by atoms with Crippen LogP contribution in [0.2, 0.25) is 0 Å². The summed E-state index contributed by atoms with van der Waals surface area (Å²) >= 11 is 0. The maximum absolute atomic E-state index is 11.3. The highest BCUT2D eigenvalue weighted by Gasteiger charge is 2.35. The molecule has 4 rings (SSSR count). The molecule has 1 amide bonds. The van der Waals surface area contributed by atoms with Crippen LogP contribution in [0.4, 0.5) is 5.82 Å². The number of primary amides is 1. The van der Waals surface area contributed by atoms with E-state index in [0.717, 1.165) is 50.4 Å². The van der Waals surface area contributed by atoms with Crippen LogP contribution in [0.3, 0.4) is 0 Å². The van der Waals surface area contributed by atoms with E-state index in [0.29, 0.717) is 5.92 Å². The summed E-state index contributed by atoms with van der Waals surface area (Å²) in [6.45, 7) is 1.85. The first-order chi connectivity index (χ1) is 12.2. The van der Waals surface area contributed by atoms with Crippen molar-refractivity contribution in [1.29, 1.82) is 0 Å². The number of piperidine rings is 1. The van der Waals surface area contributed by atoms with Crippen molar-refractivity contribution in [2.75, 3.05) is 18.0 Å². The van der Waals surface area contributed by atoms with Gasteiger partial charge in [0.1, 0.15) is 30.4 Å². The molecule has 4 heterocycles. The molecule has 0 spiro atoms. The number of amides is 1. The molecule has 2 aromatic rings. The highest BCUT2D eigenvalue weighted by molar-refractivity contribution is 5.79. The quantitative estimate of drug-likeness (QED) is 0.887. The van der Waals surface area contributed by atoms with Crippen molar-refractivity contribution in [1.82, 2.24) is 19.5 Å². The Morgan fingerprint density at radius 2 is 1.96 bits per heavy atom. The third kappa shape index (κ3) is 3.34. The number of hydrogen-bond acceptors (Lipinski definition) is 6. The lowest BCUT2D eigenvalue weighted by atomic mass is 9.90. The fraction of sp³-hybridized carbons (Fsp3) is 0.529. The Balaban J connectivity index is 1.38. The van der Waals surface area contributed by atoms with Gasteiger partial charge in [-0.05, 0) is 31.6 Å². The molecule has 2 aliphatic rings. The second kappa shape index (κ2) is 6.79. The van der Waals surface area contributed by atoms with Crippen molar-refractivity contribution in [3.8, 4) is 5.82 Å². The summed E-state index contributed by atoms with van der Waals surface area (Å²) < 4.78 is 7.71. The van der Waals surface area contributed by atoms with Gasteiger partial charge in [0.2, 0.25) is 5.91 Å². The lowest BCUT2D eigenvalue weighted by molar-refractivity contribution is -0.130. The maximum Gasteiger partial charge on any atom is 0.246 e. The lowest BCUT2D eigenvalue weighted by Crippen LogP contribution is -2.39. The van der Waals surface area contributed by atoms with E-state index in [1.807, 2.05) is 16.8 Å². The fourth-order valence-corrected chi connectivity index (χ4v) is 3.77. The second-order valence-corrected chi connectivity index (χ2v) is 6.67. The minimum Gasteiger partial charge on any atom is -0.367 e. The average molecular weight is 342 g/mol. The number of hydrogen-bond donors (Lipinski definition) is 1. The lowest BCUT2D eigenvalue weighted by Gasteiger charge is -2.35. The van der Waals surface area contributed by atoms with Gasteiger partial charge in [-0.15, -0.1) is 0 Å². The van der Waals surface area contributed by atoms with Gasteiger partial charge in [0.15, 0.2) is 0 Å². The smallest absolute Gasteiger partial charge is 0.246 e. The van der Waals surface area contributed by atoms with E-state index >= 15 is 0 Å². The van der Waals surface area contributed by atoms with E-state index in [1.165, 1.54) is 0 Å². The second-order valence-electron chi connectivity index (χ2n) is 6.67. The molecule has 132 valence electrons. The van der Waals surface area contributed by atoms with Crippen molar-refractivity contribution >= 4 is 11.7 Å². The highest BCUT2D eigenvalue weighted by atomic mass is 16.5. The standard InChI is InChI=1S/C17H22N6O2/c18-17(24)14-2-1-13(25-14)12-3-6-22(7-4-12)15-9-16(21-10-20-15)23-8-5-19-11-23/h5,8-14H,1-4,6-7H2,(H2,18,24)/t13-,14+/m0/s1. The summed E-state index contributed by atoms with van der Waals surface area (Å²) in [5, 5.41) is 0. The zero-order valence-electron chi connectivity index (χ0n) is 14.0. The van der Waals surface area contributed by atoms with Crippen molar-refractivity contribution in [2.45, 2.75) is 37.9 Å². The van der Waals surface area contributed by atoms with Crippen molar-refractivity contribution < 1.29 is 9.53 Å². The number of rotatable bonds is 4. The molecule has 0 unspecified atom stereocenters. The zero-order valence-corrected chi connectivity index (χ0v) is 14.0. The molecule has 2 fully saturated rings. The van der Waals surface area contributed by atoms with Gasteiger partial charge >= 0.3 is 0 Å². The zero-order chi connectivity index (χ0) is 17.2. The summed E-state index contributed by atoms with van der Waals surface area (Å²) in [5.41, 5.74) is 5.35. The molecule has 2 aromatic heterocycles. The minimum absolute atomic E-state index is 0.159. The molecule has 2 saturated heterocycles. The van der Waals surface area contributed by atoms with Gasteiger partial charge in [-0.1, -0.05) is 0 Å². The third-order valence-electron chi connectivity index (χ3n) is 5.17. The Labute approximate surface area is 146 Å². The molecule has 0 aliphatic carbocycles. The van der Waals surface area contributed by atoms with E-state index in [4.69, 9.17) is 10.5 Å². The molecule has 8 heteroatoms. The van der Waals surface area contributed by atoms with Gasteiger partial charge in [-0.2, -0.15) is 0 Å². The molecule has 0 saturated carbocycles. The van der Waals surface area contributed by atoms with Gasteiger partial charge < -0.3 is 15.4 Å². The van der Waals surface area contributed by atoms with Crippen LogP contribution in [0, 0.1) is 5.92 Å². The number of imidazole rings is 1. The number of carbonyl (C=O) groups excluding carboxylic acids is 1. The summed E-state index contributed by atoms with van der Waals surface area (Å²) in [6, 6.07) is 1.98. The Morgan fingerprint density at radius 3 is 2.64 bits per heavy atom. The summed E-state index contributed by atoms with van der Waals surface area (Å²) in [7, 11) is 0. The summed E-state index contributed by atoms with van der Waals surface area (Å²) in [5.74, 6) is 1.89. The van der Waals surface area contributed by atoms with Crippen LogP contribution in [0.1, 0.15) is 25.7 Å². The first-order valence-corrected chi connectivity index (χ1v) is 8.71. The number of anilines is 1. The van der Waals surface area contributed by atoms with Crippen LogP contribution in [0.5, 0.6) is 0 Å². The van der Waals surface area contributed by atoms with Crippen molar-refractivity contribution in [3.05, 3.63) is 31.1 Å². The molecule has 0 radical (unpaired) electrons. The van der Waals surface area contributed by atoms with Gasteiger partial charge in [0.25, 0.3) is 0 Å². The van der Waals surface area contributed by atoms with Gasteiger partial charge in [-0.3, -0.25) is 9.36 Å². The minimum atomic E-state index is -0.400. The Bertz CT molecular complexity index is 726. The molecule has 2 aliphatic heterocycles. The first-order valence-electron chi connectivity index (χ1n) is 8.71. The Morgan fingerprint density at radius 1 is 1.16 bits per heavy atom. The topological polar surface area (TPSA) is 99.2 Å². The van der Waals surface area contributed by atoms with Gasteiger partial charge in [0.05, 0.1) is 6.10 Å². The van der Waals surface area contributed by atoms with Crippen LogP contribution >= 0.6 is 0 Å². The highest BCUT2D eigenvalue weighted by Crippen LogP contribution is 2.32. The largest absolute Gasteiger partial charge is 0.367 e. The molecular formula is C17H22N6O2. The monoisotopic (exact) mass is 342 g/mol. The summed E-state index contributed by atoms with van der Waals surface area (Å²) in [6.07, 6.45) is 10.4. The predicted octanol–water partition coefficient (Wildman–Crippen LogP) is 0.912. The van der Waals surface area contributed by atoms with Gasteiger partial charge in [-0.25, -0.2) is 15.0 Å². The SMILES string of the molecule is NC(=O)[C@H]1CC[C@@H](C2CCN(c3cc(-n4ccnc4)ncn3)CC2)O1. The molecular weight excluding hydrogens is 320 g/mol. The van der Waals surface area contributed by atoms with E-state index in [9.17, 15) is 4.79 Å². The predicted molar refractivity (Wildman–Crippen MR) is 91.2 cm³/mol. The number of nitrogens with two attached hydrogens (primary N) is 1. The fourth-order valence-electron chi connectivity index (χ4n) is 3.77. The molecule has 25 heavy (non-hydrogen) atoms. The van der Waals surface area contributed by atoms with Crippen molar-refractivity contribution in [2.24, 2.45) is 11.7 Å². The molecule has 8 nitrogen and oxygen atoms in total. The molecule has 2 atom stereocenters. The van der Waals surface area contributed by atoms with Crippen LogP contribution < -0.4 is 10.6 Å². The first kappa shape index (κ1) is 16.0. The Kier molecular flexibility index (Phi) is 4.35. The van der Waals surface area contributed by atoms with E-state index in [2.05, 4.69) is 19.9 Å². The number of ether oxygens (including phenoxy) is 1. The molecule has 2 N–H and O–H groups in total. The number of aromatic nitrogens is 4. The Hall–Kier alpha value is -2.48. The van der Waals surface area contributed by atoms with Crippen LogP contribution in [-0.4, -0.2) is 50.7 Å². The number of carbonyl (C=O) groups is 1.